The van der Waals surface area contributed by atoms with E-state index in [1.54, 1.807) is 11.9 Å². The molecule has 1 aromatic heterocycles. The molecule has 1 atom stereocenters. The lowest BCUT2D eigenvalue weighted by molar-refractivity contribution is -0.142. The van der Waals surface area contributed by atoms with Crippen molar-refractivity contribution in [2.45, 2.75) is 12.0 Å². The minimum absolute atomic E-state index is 0.162. The van der Waals surface area contributed by atoms with E-state index < -0.39 is 11.5 Å². The lowest BCUT2D eigenvalue weighted by Gasteiger charge is -2.22. The average Bonchev–Trinajstić information content (AvgIpc) is 2.70. The van der Waals surface area contributed by atoms with Crippen LogP contribution in [0, 0.1) is 0 Å². The Hall–Kier alpha value is -1.41. The third-order valence-electron chi connectivity index (χ3n) is 3.13. The molecule has 0 saturated carbocycles. The predicted octanol–water partition coefficient (Wildman–Crippen LogP) is -0.465. The molecule has 0 spiro atoms. The molecule has 0 aromatic carbocycles. The second kappa shape index (κ2) is 4.36. The van der Waals surface area contributed by atoms with Gasteiger partial charge in [0.25, 0.3) is 5.56 Å². The molecule has 1 aliphatic heterocycles. The van der Waals surface area contributed by atoms with E-state index in [0.29, 0.717) is 23.1 Å². The Balaban J connectivity index is 2.34. The maximum Gasteiger partial charge on any atom is 0.325 e. The van der Waals surface area contributed by atoms with Gasteiger partial charge in [-0.3, -0.25) is 9.59 Å². The lowest BCUT2D eigenvalue weighted by atomic mass is 10.0. The van der Waals surface area contributed by atoms with Gasteiger partial charge in [-0.2, -0.15) is 5.10 Å². The first-order valence-corrected chi connectivity index (χ1v) is 6.13. The quantitative estimate of drug-likeness (QED) is 0.765. The van der Waals surface area contributed by atoms with E-state index in [0.717, 1.165) is 0 Å². The van der Waals surface area contributed by atoms with E-state index in [2.05, 4.69) is 21.0 Å². The van der Waals surface area contributed by atoms with Crippen molar-refractivity contribution in [2.75, 3.05) is 18.0 Å². The number of nitrogens with two attached hydrogens (primary N) is 1. The van der Waals surface area contributed by atoms with Crippen molar-refractivity contribution in [1.82, 2.24) is 9.78 Å². The molecule has 98 valence electrons. The summed E-state index contributed by atoms with van der Waals surface area (Å²) < 4.78 is 1.57. The van der Waals surface area contributed by atoms with Crippen LogP contribution < -0.4 is 16.2 Å². The molecular weight excluding hydrogens is 304 g/mol. The molecule has 1 aromatic rings. The highest BCUT2D eigenvalue weighted by molar-refractivity contribution is 9.10. The Kier molecular flexibility index (Phi) is 3.16. The predicted molar refractivity (Wildman–Crippen MR) is 68.6 cm³/mol. The number of aliphatic carboxylic acids is 1. The van der Waals surface area contributed by atoms with E-state index in [9.17, 15) is 9.59 Å². The first-order chi connectivity index (χ1) is 8.35. The fourth-order valence-corrected chi connectivity index (χ4v) is 2.55. The number of halogens is 1. The van der Waals surface area contributed by atoms with Crippen LogP contribution in [0.5, 0.6) is 0 Å². The van der Waals surface area contributed by atoms with E-state index >= 15 is 0 Å². The zero-order valence-corrected chi connectivity index (χ0v) is 11.3. The molecule has 8 heteroatoms. The van der Waals surface area contributed by atoms with Crippen molar-refractivity contribution in [3.05, 3.63) is 21.0 Å². The number of carboxylic acids is 1. The highest BCUT2D eigenvalue weighted by Crippen LogP contribution is 2.28. The van der Waals surface area contributed by atoms with Gasteiger partial charge < -0.3 is 15.7 Å². The second-order valence-electron chi connectivity index (χ2n) is 4.41. The Morgan fingerprint density at radius 3 is 2.89 bits per heavy atom. The van der Waals surface area contributed by atoms with Gasteiger partial charge in [0.2, 0.25) is 0 Å². The maximum atomic E-state index is 11.7. The van der Waals surface area contributed by atoms with Gasteiger partial charge in [0.15, 0.2) is 0 Å². The van der Waals surface area contributed by atoms with Crippen LogP contribution in [0.15, 0.2) is 15.5 Å². The molecule has 7 nitrogen and oxygen atoms in total. The van der Waals surface area contributed by atoms with Gasteiger partial charge in [-0.05, 0) is 22.4 Å². The minimum atomic E-state index is -1.26. The van der Waals surface area contributed by atoms with Crippen molar-refractivity contribution in [2.24, 2.45) is 12.8 Å². The van der Waals surface area contributed by atoms with Crippen LogP contribution in [0.4, 0.5) is 5.69 Å². The topological polar surface area (TPSA) is 101 Å². The fraction of sp³-hybridized carbons (Fsp3) is 0.500. The Morgan fingerprint density at radius 2 is 2.33 bits per heavy atom. The van der Waals surface area contributed by atoms with Gasteiger partial charge in [0.05, 0.1) is 11.9 Å². The van der Waals surface area contributed by atoms with Crippen LogP contribution in [-0.2, 0) is 11.8 Å². The van der Waals surface area contributed by atoms with Crippen LogP contribution in [0.3, 0.4) is 0 Å². The van der Waals surface area contributed by atoms with Gasteiger partial charge in [-0.15, -0.1) is 0 Å². The monoisotopic (exact) mass is 316 g/mol. The van der Waals surface area contributed by atoms with Crippen molar-refractivity contribution >= 4 is 27.6 Å². The summed E-state index contributed by atoms with van der Waals surface area (Å²) in [5.41, 5.74) is 4.83. The Morgan fingerprint density at radius 1 is 1.67 bits per heavy atom. The third kappa shape index (κ3) is 2.01. The van der Waals surface area contributed by atoms with Crippen LogP contribution in [0.2, 0.25) is 0 Å². The molecule has 0 amide bonds. The van der Waals surface area contributed by atoms with Crippen LogP contribution >= 0.6 is 15.9 Å². The maximum absolute atomic E-state index is 11.7. The van der Waals surface area contributed by atoms with E-state index in [4.69, 9.17) is 10.8 Å². The summed E-state index contributed by atoms with van der Waals surface area (Å²) in [5, 5.41) is 13.0. The number of carbonyl (C=O) groups is 1. The normalized spacial score (nSPS) is 23.4. The number of nitrogens with zero attached hydrogens (tertiary/aromatic N) is 3. The standard InChI is InChI=1S/C10H13BrN4O3/c1-14-8(16)7(11)6(4-13-14)15-3-2-10(12,5-15)9(17)18/h4H,2-3,5,12H2,1H3,(H,17,18). The fourth-order valence-electron chi connectivity index (χ4n) is 1.94. The zero-order valence-electron chi connectivity index (χ0n) is 9.76. The highest BCUT2D eigenvalue weighted by atomic mass is 79.9. The van der Waals surface area contributed by atoms with Crippen molar-refractivity contribution in [1.29, 1.82) is 0 Å². The number of aryl methyl sites for hydroxylation is 1. The number of rotatable bonds is 2. The molecule has 18 heavy (non-hydrogen) atoms. The van der Waals surface area contributed by atoms with Crippen LogP contribution in [0.25, 0.3) is 0 Å². The number of carboxylic acid groups (broad SMARTS) is 1. The van der Waals surface area contributed by atoms with E-state index in [1.807, 2.05) is 0 Å². The van der Waals surface area contributed by atoms with Gasteiger partial charge in [0, 0.05) is 20.1 Å². The largest absolute Gasteiger partial charge is 0.480 e. The molecule has 1 aliphatic rings. The molecule has 2 heterocycles. The summed E-state index contributed by atoms with van der Waals surface area (Å²) in [6.45, 7) is 0.645. The lowest BCUT2D eigenvalue weighted by Crippen LogP contribution is -2.50. The van der Waals surface area contributed by atoms with Gasteiger partial charge in [-0.25, -0.2) is 4.68 Å². The summed E-state index contributed by atoms with van der Waals surface area (Å²) >= 11 is 3.21. The number of hydrogen-bond acceptors (Lipinski definition) is 5. The first-order valence-electron chi connectivity index (χ1n) is 5.34. The summed E-state index contributed by atoms with van der Waals surface area (Å²) in [7, 11) is 1.55. The van der Waals surface area contributed by atoms with Crippen molar-refractivity contribution < 1.29 is 9.90 Å². The summed E-state index contributed by atoms with van der Waals surface area (Å²) in [6.07, 6.45) is 1.86. The molecular formula is C10H13BrN4O3. The summed E-state index contributed by atoms with van der Waals surface area (Å²) in [6, 6.07) is 0. The molecule has 0 aliphatic carbocycles. The Bertz CT molecular complexity index is 559. The molecule has 3 N–H and O–H groups in total. The number of aromatic nitrogens is 2. The molecule has 1 fully saturated rings. The highest BCUT2D eigenvalue weighted by Gasteiger charge is 2.42. The number of anilines is 1. The van der Waals surface area contributed by atoms with Gasteiger partial charge in [0.1, 0.15) is 10.0 Å². The van der Waals surface area contributed by atoms with Gasteiger partial charge >= 0.3 is 5.97 Å². The van der Waals surface area contributed by atoms with Crippen molar-refractivity contribution in [3.8, 4) is 0 Å². The van der Waals surface area contributed by atoms with Gasteiger partial charge in [-0.1, -0.05) is 0 Å². The zero-order chi connectivity index (χ0) is 13.5. The molecule has 1 saturated heterocycles. The summed E-state index contributed by atoms with van der Waals surface area (Å²) in [4.78, 5) is 24.5. The number of hydrogen-bond donors (Lipinski definition) is 2. The van der Waals surface area contributed by atoms with Crippen LogP contribution in [-0.4, -0.2) is 39.5 Å². The smallest absolute Gasteiger partial charge is 0.325 e. The SMILES string of the molecule is Cn1ncc(N2CCC(N)(C(=O)O)C2)c(Br)c1=O. The summed E-state index contributed by atoms with van der Waals surface area (Å²) in [5.74, 6) is -1.03. The molecule has 0 radical (unpaired) electrons. The van der Waals surface area contributed by atoms with Crippen LogP contribution in [0.1, 0.15) is 6.42 Å². The molecule has 2 rings (SSSR count). The first kappa shape index (κ1) is 13.0. The van der Waals surface area contributed by atoms with E-state index in [-0.39, 0.29) is 12.1 Å². The molecule has 1 unspecified atom stereocenters. The molecule has 0 bridgehead atoms. The third-order valence-corrected chi connectivity index (χ3v) is 3.87. The Labute approximate surface area is 111 Å². The van der Waals surface area contributed by atoms with Crippen molar-refractivity contribution in [3.63, 3.8) is 0 Å². The second-order valence-corrected chi connectivity index (χ2v) is 5.20. The average molecular weight is 317 g/mol. The minimum Gasteiger partial charge on any atom is -0.480 e. The van der Waals surface area contributed by atoms with E-state index in [1.165, 1.54) is 10.9 Å².